The quantitative estimate of drug-likeness (QED) is 0.758. The van der Waals surface area contributed by atoms with Crippen molar-refractivity contribution in [2.75, 3.05) is 26.7 Å². The standard InChI is InChI=1S/C17H22N2O5S/c1-18-16(20)13-24-17(21)15-7-10-19(11-8-15)25(22,23)12-9-14-5-3-2-4-6-14/h2-6,9,12,15H,7-8,10-11,13H2,1H3,(H,18,20)/b12-9+. The monoisotopic (exact) mass is 366 g/mol. The Morgan fingerprint density at radius 3 is 2.48 bits per heavy atom. The van der Waals surface area contributed by atoms with Crippen molar-refractivity contribution in [2.24, 2.45) is 5.92 Å². The topological polar surface area (TPSA) is 92.8 Å². The van der Waals surface area contributed by atoms with Gasteiger partial charge in [0.25, 0.3) is 5.91 Å². The summed E-state index contributed by atoms with van der Waals surface area (Å²) in [4.78, 5) is 23.0. The van der Waals surface area contributed by atoms with E-state index in [1.165, 1.54) is 16.8 Å². The van der Waals surface area contributed by atoms with Gasteiger partial charge in [0.15, 0.2) is 6.61 Å². The molecule has 1 aliphatic rings. The van der Waals surface area contributed by atoms with Gasteiger partial charge in [0.05, 0.1) is 5.92 Å². The van der Waals surface area contributed by atoms with E-state index in [1.54, 1.807) is 6.08 Å². The van der Waals surface area contributed by atoms with Crippen molar-refractivity contribution in [1.82, 2.24) is 9.62 Å². The van der Waals surface area contributed by atoms with Crippen LogP contribution in [0.3, 0.4) is 0 Å². The van der Waals surface area contributed by atoms with Gasteiger partial charge in [-0.2, -0.15) is 4.31 Å². The SMILES string of the molecule is CNC(=O)COC(=O)C1CCN(S(=O)(=O)/C=C/c2ccccc2)CC1. The molecule has 1 aliphatic heterocycles. The lowest BCUT2D eigenvalue weighted by Gasteiger charge is -2.29. The minimum Gasteiger partial charge on any atom is -0.455 e. The van der Waals surface area contributed by atoms with Gasteiger partial charge in [-0.05, 0) is 24.5 Å². The summed E-state index contributed by atoms with van der Waals surface area (Å²) in [5.74, 6) is -1.21. The first-order valence-electron chi connectivity index (χ1n) is 8.03. The Balaban J connectivity index is 1.87. The van der Waals surface area contributed by atoms with E-state index in [4.69, 9.17) is 4.74 Å². The molecule has 0 radical (unpaired) electrons. The number of amides is 1. The number of carbonyl (C=O) groups is 2. The first-order chi connectivity index (χ1) is 11.9. The van der Waals surface area contributed by atoms with Crippen LogP contribution in [0.15, 0.2) is 35.7 Å². The molecular weight excluding hydrogens is 344 g/mol. The summed E-state index contributed by atoms with van der Waals surface area (Å²) >= 11 is 0. The lowest BCUT2D eigenvalue weighted by atomic mass is 9.98. The third-order valence-corrected chi connectivity index (χ3v) is 5.57. The number of piperidine rings is 1. The van der Waals surface area contributed by atoms with Crippen LogP contribution in [0.25, 0.3) is 6.08 Å². The summed E-state index contributed by atoms with van der Waals surface area (Å²) in [7, 11) is -2.06. The largest absolute Gasteiger partial charge is 0.455 e. The highest BCUT2D eigenvalue weighted by atomic mass is 32.2. The Hall–Kier alpha value is -2.19. The molecule has 2 rings (SSSR count). The maximum Gasteiger partial charge on any atom is 0.309 e. The molecule has 0 spiro atoms. The summed E-state index contributed by atoms with van der Waals surface area (Å²) < 4.78 is 31.0. The van der Waals surface area contributed by atoms with E-state index >= 15 is 0 Å². The number of ether oxygens (including phenoxy) is 1. The number of likely N-dealkylation sites (N-methyl/N-ethyl adjacent to an activating group) is 1. The number of esters is 1. The lowest BCUT2D eigenvalue weighted by molar-refractivity contribution is -0.153. The third kappa shape index (κ3) is 5.68. The number of hydrogen-bond donors (Lipinski definition) is 1. The zero-order valence-corrected chi connectivity index (χ0v) is 14.9. The predicted octanol–water partition coefficient (Wildman–Crippen LogP) is 0.988. The number of nitrogens with one attached hydrogen (secondary N) is 1. The molecule has 1 aromatic carbocycles. The van der Waals surface area contributed by atoms with E-state index in [0.29, 0.717) is 12.8 Å². The van der Waals surface area contributed by atoms with Gasteiger partial charge < -0.3 is 10.1 Å². The molecule has 1 fully saturated rings. The van der Waals surface area contributed by atoms with E-state index in [1.807, 2.05) is 30.3 Å². The molecule has 0 aromatic heterocycles. The average Bonchev–Trinajstić information content (AvgIpc) is 2.65. The normalized spacial score (nSPS) is 16.7. The fourth-order valence-electron chi connectivity index (χ4n) is 2.49. The van der Waals surface area contributed by atoms with Crippen molar-refractivity contribution in [2.45, 2.75) is 12.8 Å². The molecule has 8 heteroatoms. The molecule has 7 nitrogen and oxygen atoms in total. The van der Waals surface area contributed by atoms with E-state index in [2.05, 4.69) is 5.32 Å². The Bertz CT molecular complexity index is 723. The van der Waals surface area contributed by atoms with E-state index in [-0.39, 0.29) is 31.5 Å². The zero-order chi connectivity index (χ0) is 18.3. The molecule has 0 bridgehead atoms. The minimum atomic E-state index is -3.52. The van der Waals surface area contributed by atoms with Crippen LogP contribution in [-0.2, 0) is 24.3 Å². The van der Waals surface area contributed by atoms with Crippen LogP contribution in [0.2, 0.25) is 0 Å². The van der Waals surface area contributed by atoms with Gasteiger partial charge in [0, 0.05) is 25.5 Å². The summed E-state index contributed by atoms with van der Waals surface area (Å²) in [6, 6.07) is 9.17. The van der Waals surface area contributed by atoms with Crippen LogP contribution in [-0.4, -0.2) is 51.3 Å². The number of hydrogen-bond acceptors (Lipinski definition) is 5. The van der Waals surface area contributed by atoms with Gasteiger partial charge in [0.1, 0.15) is 0 Å². The molecule has 1 heterocycles. The first-order valence-corrected chi connectivity index (χ1v) is 9.53. The third-order valence-electron chi connectivity index (χ3n) is 4.00. The van der Waals surface area contributed by atoms with Crippen molar-refractivity contribution in [3.63, 3.8) is 0 Å². The number of nitrogens with zero attached hydrogens (tertiary/aromatic N) is 1. The molecule has 1 N–H and O–H groups in total. The molecule has 0 aliphatic carbocycles. The molecule has 1 amide bonds. The first kappa shape index (κ1) is 19.1. The van der Waals surface area contributed by atoms with Gasteiger partial charge in [0.2, 0.25) is 10.0 Å². The molecular formula is C17H22N2O5S. The molecule has 136 valence electrons. The summed E-state index contributed by atoms with van der Waals surface area (Å²) in [5, 5.41) is 3.55. The Morgan fingerprint density at radius 1 is 1.24 bits per heavy atom. The van der Waals surface area contributed by atoms with E-state index < -0.39 is 16.0 Å². The maximum atomic E-state index is 12.4. The molecule has 0 unspecified atom stereocenters. The van der Waals surface area contributed by atoms with Crippen molar-refractivity contribution in [3.05, 3.63) is 41.3 Å². The van der Waals surface area contributed by atoms with Crippen LogP contribution >= 0.6 is 0 Å². The zero-order valence-electron chi connectivity index (χ0n) is 14.1. The fraction of sp³-hybridized carbons (Fsp3) is 0.412. The summed E-state index contributed by atoms with van der Waals surface area (Å²) in [6.07, 6.45) is 2.31. The second-order valence-electron chi connectivity index (χ2n) is 5.71. The Labute approximate surface area is 147 Å². The van der Waals surface area contributed by atoms with Crippen LogP contribution in [0, 0.1) is 5.92 Å². The van der Waals surface area contributed by atoms with Crippen molar-refractivity contribution < 1.29 is 22.7 Å². The van der Waals surface area contributed by atoms with Crippen molar-refractivity contribution in [1.29, 1.82) is 0 Å². The Morgan fingerprint density at radius 2 is 1.88 bits per heavy atom. The second kappa shape index (κ2) is 8.77. The highest BCUT2D eigenvalue weighted by Gasteiger charge is 2.30. The van der Waals surface area contributed by atoms with Gasteiger partial charge in [-0.3, -0.25) is 9.59 Å². The predicted molar refractivity (Wildman–Crippen MR) is 93.7 cm³/mol. The maximum absolute atomic E-state index is 12.4. The average molecular weight is 366 g/mol. The number of benzene rings is 1. The van der Waals surface area contributed by atoms with Gasteiger partial charge >= 0.3 is 5.97 Å². The number of rotatable bonds is 6. The molecule has 0 atom stereocenters. The summed E-state index contributed by atoms with van der Waals surface area (Å²) in [6.45, 7) is 0.191. The van der Waals surface area contributed by atoms with Gasteiger partial charge in [-0.15, -0.1) is 0 Å². The van der Waals surface area contributed by atoms with E-state index in [9.17, 15) is 18.0 Å². The van der Waals surface area contributed by atoms with Crippen LogP contribution < -0.4 is 5.32 Å². The number of sulfonamides is 1. The highest BCUT2D eigenvalue weighted by molar-refractivity contribution is 7.92. The Kier molecular flexibility index (Phi) is 6.72. The van der Waals surface area contributed by atoms with Crippen molar-refractivity contribution >= 4 is 28.0 Å². The minimum absolute atomic E-state index is 0.251. The van der Waals surface area contributed by atoms with Crippen LogP contribution in [0.5, 0.6) is 0 Å². The van der Waals surface area contributed by atoms with Crippen LogP contribution in [0.1, 0.15) is 18.4 Å². The molecule has 25 heavy (non-hydrogen) atoms. The summed E-state index contributed by atoms with van der Waals surface area (Å²) in [5.41, 5.74) is 0.804. The molecule has 0 saturated carbocycles. The van der Waals surface area contributed by atoms with Crippen LogP contribution in [0.4, 0.5) is 0 Å². The number of carbonyl (C=O) groups excluding carboxylic acids is 2. The lowest BCUT2D eigenvalue weighted by Crippen LogP contribution is -2.40. The smallest absolute Gasteiger partial charge is 0.309 e. The van der Waals surface area contributed by atoms with Crippen molar-refractivity contribution in [3.8, 4) is 0 Å². The van der Waals surface area contributed by atoms with Gasteiger partial charge in [-0.25, -0.2) is 8.42 Å². The second-order valence-corrected chi connectivity index (χ2v) is 7.53. The molecule has 1 aromatic rings. The van der Waals surface area contributed by atoms with Gasteiger partial charge in [-0.1, -0.05) is 30.3 Å². The molecule has 1 saturated heterocycles. The highest BCUT2D eigenvalue weighted by Crippen LogP contribution is 2.22. The van der Waals surface area contributed by atoms with E-state index in [0.717, 1.165) is 5.56 Å². The fourth-order valence-corrected chi connectivity index (χ4v) is 3.71.